The Balaban J connectivity index is 1.90. The lowest BCUT2D eigenvalue weighted by Gasteiger charge is -2.28. The van der Waals surface area contributed by atoms with Crippen LogP contribution in [-0.2, 0) is 31.4 Å². The molecule has 8 heteroatoms. The van der Waals surface area contributed by atoms with Gasteiger partial charge in [0.1, 0.15) is 5.75 Å². The Kier molecular flexibility index (Phi) is 5.60. The van der Waals surface area contributed by atoms with E-state index in [1.165, 1.54) is 27.7 Å². The summed E-state index contributed by atoms with van der Waals surface area (Å²) in [5, 5.41) is 0. The molecule has 174 valence electrons. The Bertz CT molecular complexity index is 1290. The van der Waals surface area contributed by atoms with E-state index in [1.807, 2.05) is 30.3 Å². The molecule has 0 saturated heterocycles. The molecule has 0 bridgehead atoms. The van der Waals surface area contributed by atoms with Crippen molar-refractivity contribution in [1.29, 1.82) is 0 Å². The minimum absolute atomic E-state index is 0.164. The van der Waals surface area contributed by atoms with Gasteiger partial charge in [-0.25, -0.2) is 8.42 Å². The number of benzene rings is 2. The molecule has 2 aromatic carbocycles. The normalized spacial score (nSPS) is 16.4. The van der Waals surface area contributed by atoms with Gasteiger partial charge in [-0.1, -0.05) is 26.8 Å². The summed E-state index contributed by atoms with van der Waals surface area (Å²) in [6.07, 6.45) is 4.60. The van der Waals surface area contributed by atoms with E-state index in [1.54, 1.807) is 7.11 Å². The molecule has 0 N–H and O–H groups in total. The van der Waals surface area contributed by atoms with E-state index in [2.05, 4.69) is 20.8 Å². The van der Waals surface area contributed by atoms with E-state index < -0.39 is 10.0 Å². The van der Waals surface area contributed by atoms with Gasteiger partial charge in [0.15, 0.2) is 5.78 Å². The number of amides is 1. The predicted molar refractivity (Wildman–Crippen MR) is 129 cm³/mol. The van der Waals surface area contributed by atoms with Crippen LogP contribution in [-0.4, -0.2) is 40.0 Å². The average Bonchev–Trinajstić information content (AvgIpc) is 3.16. The highest BCUT2D eigenvalue weighted by molar-refractivity contribution is 7.92. The number of allylic oxidation sites excluding steroid dienone is 1. The minimum Gasteiger partial charge on any atom is -0.496 e. The van der Waals surface area contributed by atoms with Crippen molar-refractivity contribution in [3.63, 3.8) is 0 Å². The summed E-state index contributed by atoms with van der Waals surface area (Å²) in [7, 11) is -1.71. The molecular formula is C25H28N2O5S. The molecule has 1 amide bonds. The molecule has 2 heterocycles. The summed E-state index contributed by atoms with van der Waals surface area (Å²) in [5.74, 6) is 0.208. The molecule has 7 nitrogen and oxygen atoms in total. The molecule has 2 aliphatic rings. The fraction of sp³-hybridized carbons (Fsp3) is 0.360. The number of ketones is 1. The smallest absolute Gasteiger partial charge is 0.238 e. The second-order valence-corrected chi connectivity index (χ2v) is 11.4. The van der Waals surface area contributed by atoms with E-state index in [0.29, 0.717) is 30.1 Å². The third-order valence-electron chi connectivity index (χ3n) is 6.01. The largest absolute Gasteiger partial charge is 0.496 e. The summed E-state index contributed by atoms with van der Waals surface area (Å²) >= 11 is 0. The van der Waals surface area contributed by atoms with Crippen LogP contribution in [0.2, 0.25) is 0 Å². The highest BCUT2D eigenvalue weighted by Crippen LogP contribution is 2.44. The molecule has 0 spiro atoms. The highest BCUT2D eigenvalue weighted by Gasteiger charge is 2.29. The van der Waals surface area contributed by atoms with Crippen molar-refractivity contribution < 1.29 is 22.7 Å². The van der Waals surface area contributed by atoms with Gasteiger partial charge in [-0.2, -0.15) is 0 Å². The molecule has 0 radical (unpaired) electrons. The zero-order valence-electron chi connectivity index (χ0n) is 19.5. The number of methoxy groups -OCH3 is 1. The summed E-state index contributed by atoms with van der Waals surface area (Å²) in [6.45, 7) is 6.64. The van der Waals surface area contributed by atoms with Crippen molar-refractivity contribution in [2.45, 2.75) is 39.0 Å². The van der Waals surface area contributed by atoms with Gasteiger partial charge in [-0.3, -0.25) is 18.8 Å². The van der Waals surface area contributed by atoms with E-state index >= 15 is 0 Å². The SMILES string of the molecule is COc1c(-c2ccc3c(c2)CCN3S(C)(=O)=O)cc(N2C=CC(=O)CC2=O)cc1C(C)(C)C. The van der Waals surface area contributed by atoms with Crippen molar-refractivity contribution in [3.8, 4) is 16.9 Å². The molecule has 33 heavy (non-hydrogen) atoms. The Morgan fingerprint density at radius 1 is 1.06 bits per heavy atom. The fourth-order valence-electron chi connectivity index (χ4n) is 4.39. The van der Waals surface area contributed by atoms with Gasteiger partial charge in [0.2, 0.25) is 15.9 Å². The van der Waals surface area contributed by atoms with Crippen molar-refractivity contribution >= 4 is 33.1 Å². The Labute approximate surface area is 194 Å². The number of anilines is 2. The van der Waals surface area contributed by atoms with Crippen LogP contribution in [0, 0.1) is 0 Å². The van der Waals surface area contributed by atoms with Crippen LogP contribution >= 0.6 is 0 Å². The first kappa shape index (κ1) is 23.0. The summed E-state index contributed by atoms with van der Waals surface area (Å²) in [6, 6.07) is 9.52. The monoisotopic (exact) mass is 468 g/mol. The zero-order chi connectivity index (χ0) is 24.1. The third kappa shape index (κ3) is 4.27. The van der Waals surface area contributed by atoms with Gasteiger partial charge in [0, 0.05) is 29.6 Å². The quantitative estimate of drug-likeness (QED) is 0.638. The number of rotatable bonds is 4. The third-order valence-corrected chi connectivity index (χ3v) is 7.19. The second-order valence-electron chi connectivity index (χ2n) is 9.48. The Hall–Kier alpha value is -3.13. The lowest BCUT2D eigenvalue weighted by molar-refractivity contribution is -0.124. The topological polar surface area (TPSA) is 84.0 Å². The highest BCUT2D eigenvalue weighted by atomic mass is 32.2. The number of hydrogen-bond donors (Lipinski definition) is 0. The molecule has 0 aromatic heterocycles. The van der Waals surface area contributed by atoms with Crippen molar-refractivity contribution in [2.75, 3.05) is 29.1 Å². The van der Waals surface area contributed by atoms with Gasteiger partial charge in [-0.15, -0.1) is 0 Å². The van der Waals surface area contributed by atoms with Crippen LogP contribution in [0.1, 0.15) is 38.3 Å². The van der Waals surface area contributed by atoms with Crippen molar-refractivity contribution in [1.82, 2.24) is 0 Å². The van der Waals surface area contributed by atoms with Gasteiger partial charge in [-0.05, 0) is 53.3 Å². The van der Waals surface area contributed by atoms with Crippen LogP contribution < -0.4 is 13.9 Å². The molecule has 0 fully saturated rings. The molecule has 0 aliphatic carbocycles. The Morgan fingerprint density at radius 2 is 1.79 bits per heavy atom. The molecule has 0 unspecified atom stereocenters. The van der Waals surface area contributed by atoms with E-state index in [9.17, 15) is 18.0 Å². The number of sulfonamides is 1. The van der Waals surface area contributed by atoms with Crippen molar-refractivity contribution in [3.05, 3.63) is 53.7 Å². The number of nitrogens with zero attached hydrogens (tertiary/aromatic N) is 2. The molecule has 4 rings (SSSR count). The summed E-state index contributed by atoms with van der Waals surface area (Å²) in [5.41, 5.74) is 4.62. The standard InChI is InChI=1S/C25H28N2O5S/c1-25(2,3)21-14-18(26-10-9-19(28)15-23(26)29)13-20(24(21)32-4)16-6-7-22-17(12-16)8-11-27(22)33(5,30)31/h6-7,9-10,12-14H,8,11,15H2,1-5H3. The van der Waals surface area contributed by atoms with E-state index in [0.717, 1.165) is 22.3 Å². The van der Waals surface area contributed by atoms with Crippen LogP contribution in [0.3, 0.4) is 0 Å². The number of ether oxygens (including phenoxy) is 1. The van der Waals surface area contributed by atoms with Crippen LogP contribution in [0.25, 0.3) is 11.1 Å². The summed E-state index contributed by atoms with van der Waals surface area (Å²) < 4.78 is 31.5. The molecule has 2 aliphatic heterocycles. The second kappa shape index (κ2) is 8.02. The molecular weight excluding hydrogens is 440 g/mol. The first-order valence-corrected chi connectivity index (χ1v) is 12.6. The van der Waals surface area contributed by atoms with Crippen LogP contribution in [0.5, 0.6) is 5.75 Å². The number of hydrogen-bond acceptors (Lipinski definition) is 5. The van der Waals surface area contributed by atoms with Crippen LogP contribution in [0.4, 0.5) is 11.4 Å². The summed E-state index contributed by atoms with van der Waals surface area (Å²) in [4.78, 5) is 25.8. The maximum atomic E-state index is 12.6. The number of fused-ring (bicyclic) bond motifs is 1. The first-order valence-electron chi connectivity index (χ1n) is 10.8. The van der Waals surface area contributed by atoms with E-state index in [-0.39, 0.29) is 23.5 Å². The number of carbonyl (C=O) groups excluding carboxylic acids is 2. The van der Waals surface area contributed by atoms with Crippen LogP contribution in [0.15, 0.2) is 42.6 Å². The molecule has 0 saturated carbocycles. The van der Waals surface area contributed by atoms with E-state index in [4.69, 9.17) is 4.74 Å². The van der Waals surface area contributed by atoms with Gasteiger partial charge < -0.3 is 4.74 Å². The lowest BCUT2D eigenvalue weighted by atomic mass is 9.83. The minimum atomic E-state index is -3.33. The fourth-order valence-corrected chi connectivity index (χ4v) is 5.35. The maximum absolute atomic E-state index is 12.6. The average molecular weight is 469 g/mol. The van der Waals surface area contributed by atoms with Gasteiger partial charge in [0.05, 0.1) is 25.5 Å². The Morgan fingerprint density at radius 3 is 2.39 bits per heavy atom. The lowest BCUT2D eigenvalue weighted by Crippen LogP contribution is -2.31. The number of carbonyl (C=O) groups is 2. The molecule has 0 atom stereocenters. The van der Waals surface area contributed by atoms with Gasteiger partial charge in [0.25, 0.3) is 0 Å². The van der Waals surface area contributed by atoms with Gasteiger partial charge >= 0.3 is 0 Å². The van der Waals surface area contributed by atoms with Crippen molar-refractivity contribution in [2.24, 2.45) is 0 Å². The molecule has 2 aromatic rings. The maximum Gasteiger partial charge on any atom is 0.238 e. The zero-order valence-corrected chi connectivity index (χ0v) is 20.3. The predicted octanol–water partition coefficient (Wildman–Crippen LogP) is 3.80. The first-order chi connectivity index (χ1) is 15.4.